The van der Waals surface area contributed by atoms with Crippen LogP contribution >= 0.6 is 0 Å². The van der Waals surface area contributed by atoms with E-state index in [1.54, 1.807) is 4.72 Å². The normalized spacial score (nSPS) is 13.5. The molecule has 0 aliphatic heterocycles. The summed E-state index contributed by atoms with van der Waals surface area (Å²) in [5.41, 5.74) is -0.379. The van der Waals surface area contributed by atoms with Gasteiger partial charge in [0.15, 0.2) is 0 Å². The Balaban J connectivity index is 2.84. The van der Waals surface area contributed by atoms with Crippen molar-refractivity contribution >= 4 is 21.7 Å². The van der Waals surface area contributed by atoms with E-state index in [0.29, 0.717) is 0 Å². The maximum Gasteiger partial charge on any atom is 0.393 e. The van der Waals surface area contributed by atoms with Crippen molar-refractivity contribution in [3.63, 3.8) is 0 Å². The lowest BCUT2D eigenvalue weighted by molar-refractivity contribution is -0.384. The predicted octanol–water partition coefficient (Wildman–Crippen LogP) is 0.582. The fourth-order valence-electron chi connectivity index (χ4n) is 1.71. The van der Waals surface area contributed by atoms with Crippen LogP contribution in [0.1, 0.15) is 12.8 Å². The van der Waals surface area contributed by atoms with Gasteiger partial charge in [0, 0.05) is 24.6 Å². The van der Waals surface area contributed by atoms with Crippen LogP contribution in [0.2, 0.25) is 0 Å². The molecule has 8 nitrogen and oxygen atoms in total. The van der Waals surface area contributed by atoms with E-state index in [9.17, 15) is 41.6 Å². The Morgan fingerprint density at radius 2 is 1.79 bits per heavy atom. The number of non-ortho nitro benzene ring substituents is 1. The van der Waals surface area contributed by atoms with Crippen LogP contribution in [0.3, 0.4) is 0 Å². The van der Waals surface area contributed by atoms with Crippen molar-refractivity contribution in [1.82, 2.24) is 4.72 Å². The molecule has 0 saturated heterocycles. The first-order valence-corrected chi connectivity index (χ1v) is 7.92. The zero-order valence-electron chi connectivity index (χ0n) is 11.9. The Labute approximate surface area is 134 Å². The number of halogens is 3. The Morgan fingerprint density at radius 1 is 1.25 bits per heavy atom. The lowest BCUT2D eigenvalue weighted by Crippen LogP contribution is -2.37. The number of carbonyl (C=O) groups excluding carboxylic acids is 1. The topological polar surface area (TPSA) is 129 Å². The molecule has 0 unspecified atom stereocenters. The molecule has 0 aliphatic rings. The number of nitro benzene ring substituents is 1. The van der Waals surface area contributed by atoms with Crippen LogP contribution in [-0.4, -0.2) is 32.0 Å². The molecule has 0 heterocycles. The van der Waals surface area contributed by atoms with E-state index in [2.05, 4.69) is 0 Å². The molecule has 1 atom stereocenters. The zero-order valence-corrected chi connectivity index (χ0v) is 12.8. The standard InChI is InChI=1S/C12H13F3N2O6S/c13-12(14,15)8(1-6-11(18)19)7-16-24(22,23)10-4-2-9(3-5-10)17(20)21/h2-5,8,16H,1,6-7H2,(H,18,19)/p-1/t8-/m0/s1. The van der Waals surface area contributed by atoms with Gasteiger partial charge in [-0.05, 0) is 25.0 Å². The van der Waals surface area contributed by atoms with E-state index in [4.69, 9.17) is 0 Å². The third kappa shape index (κ3) is 5.77. The van der Waals surface area contributed by atoms with Crippen molar-refractivity contribution in [2.24, 2.45) is 5.92 Å². The first-order valence-electron chi connectivity index (χ1n) is 6.44. The van der Waals surface area contributed by atoms with Crippen LogP contribution in [-0.2, 0) is 14.8 Å². The Morgan fingerprint density at radius 3 is 2.21 bits per heavy atom. The molecule has 1 N–H and O–H groups in total. The average molecular weight is 369 g/mol. The van der Waals surface area contributed by atoms with E-state index < -0.39 is 57.3 Å². The van der Waals surface area contributed by atoms with Crippen LogP contribution in [0, 0.1) is 16.0 Å². The van der Waals surface area contributed by atoms with E-state index >= 15 is 0 Å². The first kappa shape index (κ1) is 19.8. The van der Waals surface area contributed by atoms with Gasteiger partial charge >= 0.3 is 6.18 Å². The van der Waals surface area contributed by atoms with Crippen molar-refractivity contribution in [2.45, 2.75) is 23.9 Å². The largest absolute Gasteiger partial charge is 0.550 e. The highest BCUT2D eigenvalue weighted by Gasteiger charge is 2.39. The quantitative estimate of drug-likeness (QED) is 0.527. The molecule has 1 rings (SSSR count). The summed E-state index contributed by atoms with van der Waals surface area (Å²) < 4.78 is 63.8. The number of alkyl halides is 3. The van der Waals surface area contributed by atoms with Crippen LogP contribution in [0.5, 0.6) is 0 Å². The van der Waals surface area contributed by atoms with Crippen molar-refractivity contribution in [3.8, 4) is 0 Å². The van der Waals surface area contributed by atoms with Gasteiger partial charge in [0.1, 0.15) is 0 Å². The average Bonchev–Trinajstić information content (AvgIpc) is 2.45. The van der Waals surface area contributed by atoms with Crippen molar-refractivity contribution in [2.75, 3.05) is 6.54 Å². The van der Waals surface area contributed by atoms with Gasteiger partial charge in [-0.25, -0.2) is 13.1 Å². The summed E-state index contributed by atoms with van der Waals surface area (Å²) in [6, 6.07) is 3.55. The van der Waals surface area contributed by atoms with Gasteiger partial charge in [0.05, 0.1) is 15.7 Å². The summed E-state index contributed by atoms with van der Waals surface area (Å²) in [7, 11) is -4.33. The van der Waals surface area contributed by atoms with Crippen LogP contribution < -0.4 is 9.83 Å². The number of aliphatic carboxylic acids is 1. The van der Waals surface area contributed by atoms with E-state index in [1.807, 2.05) is 0 Å². The summed E-state index contributed by atoms with van der Waals surface area (Å²) in [5, 5.41) is 20.7. The second-order valence-corrected chi connectivity index (χ2v) is 6.52. The number of hydrogen-bond donors (Lipinski definition) is 1. The molecule has 0 saturated carbocycles. The second-order valence-electron chi connectivity index (χ2n) is 4.75. The highest BCUT2D eigenvalue weighted by atomic mass is 32.2. The number of benzene rings is 1. The monoisotopic (exact) mass is 369 g/mol. The molecule has 1 aromatic rings. The molecule has 0 aliphatic carbocycles. The molecule has 0 radical (unpaired) electrons. The fourth-order valence-corrected chi connectivity index (χ4v) is 2.80. The maximum absolute atomic E-state index is 12.8. The number of nitro groups is 1. The lowest BCUT2D eigenvalue weighted by atomic mass is 10.0. The molecule has 0 bridgehead atoms. The minimum atomic E-state index is -4.80. The minimum Gasteiger partial charge on any atom is -0.550 e. The van der Waals surface area contributed by atoms with Crippen LogP contribution in [0.25, 0.3) is 0 Å². The second kappa shape index (κ2) is 7.57. The number of carboxylic acid groups (broad SMARTS) is 1. The summed E-state index contributed by atoms with van der Waals surface area (Å²) in [6.07, 6.45) is -6.51. The molecule has 0 aromatic heterocycles. The van der Waals surface area contributed by atoms with Gasteiger partial charge in [0.2, 0.25) is 10.0 Å². The highest BCUT2D eigenvalue weighted by molar-refractivity contribution is 7.89. The number of rotatable bonds is 8. The first-order chi connectivity index (χ1) is 10.9. The molecule has 0 amide bonds. The summed E-state index contributed by atoms with van der Waals surface area (Å²) in [5.74, 6) is -3.88. The molecule has 134 valence electrons. The van der Waals surface area contributed by atoms with E-state index in [-0.39, 0.29) is 5.69 Å². The Kier molecular flexibility index (Phi) is 6.26. The number of hydrogen-bond acceptors (Lipinski definition) is 6. The van der Waals surface area contributed by atoms with Gasteiger partial charge in [-0.1, -0.05) is 0 Å². The molecular weight excluding hydrogens is 357 g/mol. The van der Waals surface area contributed by atoms with Crippen molar-refractivity contribution in [3.05, 3.63) is 34.4 Å². The number of nitrogens with one attached hydrogen (secondary N) is 1. The van der Waals surface area contributed by atoms with Gasteiger partial charge in [-0.2, -0.15) is 13.2 Å². The van der Waals surface area contributed by atoms with Crippen molar-refractivity contribution in [1.29, 1.82) is 0 Å². The SMILES string of the molecule is O=C([O-])CC[C@@H](CNS(=O)(=O)c1ccc([N+](=O)[O-])cc1)C(F)(F)F. The molecule has 12 heteroatoms. The van der Waals surface area contributed by atoms with Gasteiger partial charge in [-0.3, -0.25) is 10.1 Å². The summed E-state index contributed by atoms with van der Waals surface area (Å²) in [6.45, 7) is -1.06. The number of nitrogens with zero attached hydrogens (tertiary/aromatic N) is 1. The van der Waals surface area contributed by atoms with E-state index in [1.165, 1.54) is 0 Å². The molecule has 0 spiro atoms. The van der Waals surface area contributed by atoms with E-state index in [0.717, 1.165) is 24.3 Å². The molecular formula is C12H12F3N2O6S-. The highest BCUT2D eigenvalue weighted by Crippen LogP contribution is 2.29. The smallest absolute Gasteiger partial charge is 0.393 e. The molecule has 0 fully saturated rings. The summed E-state index contributed by atoms with van der Waals surface area (Å²) in [4.78, 5) is 19.5. The van der Waals surface area contributed by atoms with Crippen LogP contribution in [0.15, 0.2) is 29.2 Å². The van der Waals surface area contributed by atoms with Gasteiger partial charge < -0.3 is 9.90 Å². The predicted molar refractivity (Wildman–Crippen MR) is 72.1 cm³/mol. The van der Waals surface area contributed by atoms with Gasteiger partial charge in [-0.15, -0.1) is 0 Å². The number of sulfonamides is 1. The fraction of sp³-hybridized carbons (Fsp3) is 0.417. The number of carbonyl (C=O) groups is 1. The minimum absolute atomic E-state index is 0.379. The van der Waals surface area contributed by atoms with Crippen LogP contribution in [0.4, 0.5) is 18.9 Å². The van der Waals surface area contributed by atoms with Gasteiger partial charge in [0.25, 0.3) is 5.69 Å². The maximum atomic E-state index is 12.8. The molecule has 24 heavy (non-hydrogen) atoms. The third-order valence-electron chi connectivity index (χ3n) is 3.04. The zero-order chi connectivity index (χ0) is 18.5. The Hall–Kier alpha value is -2.21. The lowest BCUT2D eigenvalue weighted by Gasteiger charge is -2.20. The van der Waals surface area contributed by atoms with Crippen molar-refractivity contribution < 1.29 is 36.4 Å². The Bertz CT molecular complexity index is 702. The summed E-state index contributed by atoms with van der Waals surface area (Å²) >= 11 is 0. The third-order valence-corrected chi connectivity index (χ3v) is 4.48. The molecule has 1 aromatic carbocycles. The number of carboxylic acids is 1.